The Labute approximate surface area is 128 Å². The van der Waals surface area contributed by atoms with Crippen molar-refractivity contribution in [3.63, 3.8) is 0 Å². The van der Waals surface area contributed by atoms with Crippen LogP contribution in [0.4, 0.5) is 0 Å². The largest absolute Gasteiger partial charge is 0.480 e. The molecule has 21 heavy (non-hydrogen) atoms. The molecule has 1 saturated heterocycles. The van der Waals surface area contributed by atoms with Gasteiger partial charge in [0.2, 0.25) is 0 Å². The monoisotopic (exact) mass is 297 g/mol. The van der Waals surface area contributed by atoms with E-state index < -0.39 is 11.5 Å². The highest BCUT2D eigenvalue weighted by molar-refractivity contribution is 5.78. The van der Waals surface area contributed by atoms with E-state index >= 15 is 0 Å². The summed E-state index contributed by atoms with van der Waals surface area (Å²) < 4.78 is 0. The zero-order chi connectivity index (χ0) is 15.5. The molecule has 122 valence electrons. The van der Waals surface area contributed by atoms with E-state index in [2.05, 4.69) is 15.1 Å². The summed E-state index contributed by atoms with van der Waals surface area (Å²) in [6, 6.07) is 1.06. The van der Waals surface area contributed by atoms with Crippen molar-refractivity contribution < 1.29 is 9.90 Å². The molecular weight excluding hydrogens is 266 g/mol. The van der Waals surface area contributed by atoms with Gasteiger partial charge in [-0.15, -0.1) is 0 Å². The molecule has 0 aromatic rings. The van der Waals surface area contributed by atoms with Crippen molar-refractivity contribution >= 4 is 5.97 Å². The molecule has 2 N–H and O–H groups in total. The number of carbonyl (C=O) groups is 1. The molecule has 0 aromatic heterocycles. The summed E-state index contributed by atoms with van der Waals surface area (Å²) in [4.78, 5) is 16.6. The molecule has 1 atom stereocenters. The molecule has 2 aliphatic rings. The van der Waals surface area contributed by atoms with Gasteiger partial charge in [-0.1, -0.05) is 0 Å². The maximum atomic E-state index is 11.5. The maximum Gasteiger partial charge on any atom is 0.323 e. The summed E-state index contributed by atoms with van der Waals surface area (Å²) >= 11 is 0. The van der Waals surface area contributed by atoms with Gasteiger partial charge in [0, 0.05) is 38.3 Å². The molecule has 5 nitrogen and oxygen atoms in total. The number of hydrogen-bond acceptors (Lipinski definition) is 4. The van der Waals surface area contributed by atoms with Crippen LogP contribution >= 0.6 is 0 Å². The van der Waals surface area contributed by atoms with Crippen LogP contribution in [0.25, 0.3) is 0 Å². The van der Waals surface area contributed by atoms with Gasteiger partial charge < -0.3 is 10.0 Å². The van der Waals surface area contributed by atoms with E-state index in [0.717, 1.165) is 32.1 Å². The van der Waals surface area contributed by atoms with E-state index in [4.69, 9.17) is 0 Å². The molecule has 0 aromatic carbocycles. The molecule has 1 aliphatic heterocycles. The highest BCUT2D eigenvalue weighted by atomic mass is 16.4. The van der Waals surface area contributed by atoms with Gasteiger partial charge in [-0.25, -0.2) is 0 Å². The zero-order valence-electron chi connectivity index (χ0n) is 13.8. The van der Waals surface area contributed by atoms with Crippen molar-refractivity contribution in [3.05, 3.63) is 0 Å². The van der Waals surface area contributed by atoms with E-state index in [1.165, 1.54) is 25.9 Å². The topological polar surface area (TPSA) is 55.8 Å². The van der Waals surface area contributed by atoms with Crippen LogP contribution in [0.2, 0.25) is 0 Å². The SMILES string of the molecule is CC(C)NC(C)(CCCN1CCN(C2CC2)CC1)C(=O)O. The second-order valence-electron chi connectivity index (χ2n) is 7.15. The van der Waals surface area contributed by atoms with Crippen LogP contribution in [0.5, 0.6) is 0 Å². The predicted molar refractivity (Wildman–Crippen MR) is 84.6 cm³/mol. The second-order valence-corrected chi connectivity index (χ2v) is 7.15. The Morgan fingerprint density at radius 2 is 1.90 bits per heavy atom. The van der Waals surface area contributed by atoms with Crippen molar-refractivity contribution in [3.8, 4) is 0 Å². The lowest BCUT2D eigenvalue weighted by Crippen LogP contribution is -2.53. The summed E-state index contributed by atoms with van der Waals surface area (Å²) in [5.41, 5.74) is -0.802. The molecule has 0 amide bonds. The number of nitrogens with one attached hydrogen (secondary N) is 1. The molecule has 1 unspecified atom stereocenters. The number of rotatable bonds is 8. The Balaban J connectivity index is 1.68. The fourth-order valence-electron chi connectivity index (χ4n) is 3.33. The lowest BCUT2D eigenvalue weighted by atomic mass is 9.94. The second kappa shape index (κ2) is 7.07. The van der Waals surface area contributed by atoms with Gasteiger partial charge in [0.15, 0.2) is 0 Å². The molecule has 2 fully saturated rings. The minimum absolute atomic E-state index is 0.188. The van der Waals surface area contributed by atoms with Crippen LogP contribution in [-0.2, 0) is 4.79 Å². The van der Waals surface area contributed by atoms with E-state index in [1.54, 1.807) is 6.92 Å². The summed E-state index contributed by atoms with van der Waals surface area (Å²) in [6.07, 6.45) is 4.39. The molecule has 1 aliphatic carbocycles. The van der Waals surface area contributed by atoms with Crippen LogP contribution in [0, 0.1) is 0 Å². The standard InChI is InChI=1S/C16H31N3O2/c1-13(2)17-16(3,15(20)21)7-4-8-18-9-11-19(12-10-18)14-5-6-14/h13-14,17H,4-12H2,1-3H3,(H,20,21). The van der Waals surface area contributed by atoms with Crippen molar-refractivity contribution in [2.24, 2.45) is 0 Å². The van der Waals surface area contributed by atoms with Gasteiger partial charge in [0.1, 0.15) is 5.54 Å². The highest BCUT2D eigenvalue weighted by Crippen LogP contribution is 2.27. The van der Waals surface area contributed by atoms with Crippen molar-refractivity contribution in [2.45, 2.75) is 64.1 Å². The molecule has 5 heteroatoms. The van der Waals surface area contributed by atoms with Gasteiger partial charge in [-0.05, 0) is 53.0 Å². The normalized spacial score (nSPS) is 24.2. The van der Waals surface area contributed by atoms with Crippen molar-refractivity contribution in [1.29, 1.82) is 0 Å². The molecule has 1 saturated carbocycles. The number of piperazine rings is 1. The average Bonchev–Trinajstić information content (AvgIpc) is 3.23. The lowest BCUT2D eigenvalue weighted by molar-refractivity contribution is -0.144. The number of carboxylic acids is 1. The minimum atomic E-state index is -0.802. The number of hydrogen-bond donors (Lipinski definition) is 2. The Morgan fingerprint density at radius 1 is 1.29 bits per heavy atom. The Bertz CT molecular complexity index is 349. The van der Waals surface area contributed by atoms with E-state index in [0.29, 0.717) is 6.42 Å². The molecule has 0 radical (unpaired) electrons. The fourth-order valence-corrected chi connectivity index (χ4v) is 3.33. The first-order chi connectivity index (χ1) is 9.90. The lowest BCUT2D eigenvalue weighted by Gasteiger charge is -2.35. The third-order valence-electron chi connectivity index (χ3n) is 4.70. The van der Waals surface area contributed by atoms with E-state index in [1.807, 2.05) is 13.8 Å². The first kappa shape index (κ1) is 16.7. The highest BCUT2D eigenvalue weighted by Gasteiger charge is 2.34. The van der Waals surface area contributed by atoms with Crippen LogP contribution in [0.3, 0.4) is 0 Å². The first-order valence-electron chi connectivity index (χ1n) is 8.38. The van der Waals surface area contributed by atoms with Gasteiger partial charge in [0.25, 0.3) is 0 Å². The van der Waals surface area contributed by atoms with E-state index in [9.17, 15) is 9.90 Å². The minimum Gasteiger partial charge on any atom is -0.480 e. The van der Waals surface area contributed by atoms with Gasteiger partial charge >= 0.3 is 5.97 Å². The van der Waals surface area contributed by atoms with Crippen LogP contribution in [0.1, 0.15) is 46.5 Å². The van der Waals surface area contributed by atoms with Gasteiger partial charge in [0.05, 0.1) is 0 Å². The first-order valence-corrected chi connectivity index (χ1v) is 8.38. The maximum absolute atomic E-state index is 11.5. The van der Waals surface area contributed by atoms with Crippen LogP contribution in [-0.4, -0.2) is 71.2 Å². The smallest absolute Gasteiger partial charge is 0.323 e. The summed E-state index contributed by atoms with van der Waals surface area (Å²) in [5, 5.41) is 12.6. The van der Waals surface area contributed by atoms with Gasteiger partial charge in [-0.3, -0.25) is 15.0 Å². The average molecular weight is 297 g/mol. The molecule has 2 rings (SSSR count). The summed E-state index contributed by atoms with van der Waals surface area (Å²) in [5.74, 6) is -0.741. The van der Waals surface area contributed by atoms with Crippen molar-refractivity contribution in [1.82, 2.24) is 15.1 Å². The Morgan fingerprint density at radius 3 is 2.38 bits per heavy atom. The molecule has 1 heterocycles. The molecule has 0 spiro atoms. The van der Waals surface area contributed by atoms with Gasteiger partial charge in [-0.2, -0.15) is 0 Å². The van der Waals surface area contributed by atoms with E-state index in [-0.39, 0.29) is 6.04 Å². The molecule has 0 bridgehead atoms. The summed E-state index contributed by atoms with van der Waals surface area (Å²) in [6.45, 7) is 11.5. The zero-order valence-corrected chi connectivity index (χ0v) is 13.8. The number of nitrogens with zero attached hydrogens (tertiary/aromatic N) is 2. The quantitative estimate of drug-likeness (QED) is 0.709. The Kier molecular flexibility index (Phi) is 5.63. The summed E-state index contributed by atoms with van der Waals surface area (Å²) in [7, 11) is 0. The third-order valence-corrected chi connectivity index (χ3v) is 4.70. The number of carboxylic acid groups (broad SMARTS) is 1. The third kappa shape index (κ3) is 4.94. The fraction of sp³-hybridized carbons (Fsp3) is 0.938. The van der Waals surface area contributed by atoms with Crippen LogP contribution in [0.15, 0.2) is 0 Å². The number of aliphatic carboxylic acids is 1. The molecular formula is C16H31N3O2. The van der Waals surface area contributed by atoms with Crippen molar-refractivity contribution in [2.75, 3.05) is 32.7 Å². The van der Waals surface area contributed by atoms with Crippen LogP contribution < -0.4 is 5.32 Å². The predicted octanol–water partition coefficient (Wildman–Crippen LogP) is 1.39. The Hall–Kier alpha value is -0.650.